The van der Waals surface area contributed by atoms with Crippen LogP contribution in [0.3, 0.4) is 0 Å². The Bertz CT molecular complexity index is 396. The minimum Gasteiger partial charge on any atom is -0.380 e. The summed E-state index contributed by atoms with van der Waals surface area (Å²) in [6, 6.07) is 7.61. The molecule has 0 saturated carbocycles. The fraction of sp³-hybridized carbons (Fsp3) is 0.417. The van der Waals surface area contributed by atoms with E-state index in [0.29, 0.717) is 23.0 Å². The lowest BCUT2D eigenvalue weighted by molar-refractivity contribution is 0.531. The molecule has 1 aromatic rings. The summed E-state index contributed by atoms with van der Waals surface area (Å²) in [5.74, 6) is 0.399. The van der Waals surface area contributed by atoms with Gasteiger partial charge in [0.2, 0.25) is 0 Å². The number of nitrogens with two attached hydrogens (primary N) is 1. The van der Waals surface area contributed by atoms with Gasteiger partial charge in [0.15, 0.2) is 0 Å². The van der Waals surface area contributed by atoms with Crippen LogP contribution in [-0.4, -0.2) is 12.6 Å². The monoisotopic (exact) mass is 237 g/mol. The summed E-state index contributed by atoms with van der Waals surface area (Å²) in [5.41, 5.74) is 6.90. The summed E-state index contributed by atoms with van der Waals surface area (Å²) in [6.07, 6.45) is 0. The van der Waals surface area contributed by atoms with Gasteiger partial charge < -0.3 is 11.1 Å². The van der Waals surface area contributed by atoms with Crippen LogP contribution in [0.5, 0.6) is 0 Å². The van der Waals surface area contributed by atoms with Crippen molar-refractivity contribution in [2.45, 2.75) is 19.9 Å². The Hall–Kier alpha value is -1.24. The highest BCUT2D eigenvalue weighted by atomic mass is 35.5. The quantitative estimate of drug-likeness (QED) is 0.846. The van der Waals surface area contributed by atoms with E-state index < -0.39 is 0 Å². The standard InChI is InChI=1S/C12H16ClN3/c1-8(2)12(7-15)16-11-5-3-4-10(13)9(11)6-14/h3-5,8,12,16H,7,15H2,1-2H3. The van der Waals surface area contributed by atoms with Gasteiger partial charge in [0.05, 0.1) is 16.3 Å². The number of nitriles is 1. The van der Waals surface area contributed by atoms with E-state index in [0.717, 1.165) is 5.69 Å². The highest BCUT2D eigenvalue weighted by Crippen LogP contribution is 2.24. The molecule has 1 unspecified atom stereocenters. The van der Waals surface area contributed by atoms with Gasteiger partial charge in [0.25, 0.3) is 0 Å². The third-order valence-electron chi connectivity index (χ3n) is 2.52. The van der Waals surface area contributed by atoms with Gasteiger partial charge in [-0.3, -0.25) is 0 Å². The van der Waals surface area contributed by atoms with E-state index >= 15 is 0 Å². The van der Waals surface area contributed by atoms with Crippen molar-refractivity contribution in [1.29, 1.82) is 5.26 Å². The number of anilines is 1. The minimum atomic E-state index is 0.144. The molecule has 16 heavy (non-hydrogen) atoms. The molecule has 0 saturated heterocycles. The molecule has 86 valence electrons. The topological polar surface area (TPSA) is 61.8 Å². The highest BCUT2D eigenvalue weighted by Gasteiger charge is 2.14. The Labute approximate surface area is 101 Å². The number of benzene rings is 1. The molecule has 0 spiro atoms. The first-order valence-corrected chi connectivity index (χ1v) is 5.63. The van der Waals surface area contributed by atoms with E-state index in [9.17, 15) is 0 Å². The lowest BCUT2D eigenvalue weighted by Crippen LogP contribution is -2.33. The van der Waals surface area contributed by atoms with E-state index in [1.54, 1.807) is 6.07 Å². The highest BCUT2D eigenvalue weighted by molar-refractivity contribution is 6.32. The number of rotatable bonds is 4. The smallest absolute Gasteiger partial charge is 0.103 e. The number of hydrogen-bond donors (Lipinski definition) is 2. The molecule has 0 fully saturated rings. The first-order valence-electron chi connectivity index (χ1n) is 5.25. The predicted molar refractivity (Wildman–Crippen MR) is 67.5 cm³/mol. The molecule has 0 aliphatic heterocycles. The average molecular weight is 238 g/mol. The summed E-state index contributed by atoms with van der Waals surface area (Å²) in [5, 5.41) is 12.7. The summed E-state index contributed by atoms with van der Waals surface area (Å²) < 4.78 is 0. The first-order chi connectivity index (χ1) is 7.60. The van der Waals surface area contributed by atoms with Gasteiger partial charge in [-0.25, -0.2) is 0 Å². The third-order valence-corrected chi connectivity index (χ3v) is 2.84. The number of hydrogen-bond acceptors (Lipinski definition) is 3. The van der Waals surface area contributed by atoms with Crippen LogP contribution in [0, 0.1) is 17.2 Å². The largest absolute Gasteiger partial charge is 0.380 e. The average Bonchev–Trinajstić information content (AvgIpc) is 2.25. The molecule has 3 nitrogen and oxygen atoms in total. The maximum atomic E-state index is 9.02. The lowest BCUT2D eigenvalue weighted by Gasteiger charge is -2.22. The van der Waals surface area contributed by atoms with Crippen molar-refractivity contribution in [2.24, 2.45) is 11.7 Å². The van der Waals surface area contributed by atoms with Crippen LogP contribution < -0.4 is 11.1 Å². The van der Waals surface area contributed by atoms with Crippen molar-refractivity contribution in [3.63, 3.8) is 0 Å². The van der Waals surface area contributed by atoms with E-state index in [1.165, 1.54) is 0 Å². The van der Waals surface area contributed by atoms with Gasteiger partial charge in [0, 0.05) is 12.6 Å². The molecule has 1 atom stereocenters. The summed E-state index contributed by atoms with van der Waals surface area (Å²) >= 11 is 5.94. The van der Waals surface area contributed by atoms with Gasteiger partial charge in [-0.05, 0) is 18.1 Å². The summed E-state index contributed by atoms with van der Waals surface area (Å²) in [7, 11) is 0. The summed E-state index contributed by atoms with van der Waals surface area (Å²) in [4.78, 5) is 0. The van der Waals surface area contributed by atoms with Crippen molar-refractivity contribution < 1.29 is 0 Å². The van der Waals surface area contributed by atoms with Crippen molar-refractivity contribution in [3.8, 4) is 6.07 Å². The molecule has 0 bridgehead atoms. The van der Waals surface area contributed by atoms with Crippen LogP contribution in [0.2, 0.25) is 5.02 Å². The number of halogens is 1. The Morgan fingerprint density at radius 1 is 1.50 bits per heavy atom. The molecule has 0 amide bonds. The van der Waals surface area contributed by atoms with Crippen molar-refractivity contribution in [3.05, 3.63) is 28.8 Å². The molecule has 0 aliphatic rings. The zero-order valence-electron chi connectivity index (χ0n) is 9.50. The molecule has 4 heteroatoms. The third kappa shape index (κ3) is 2.88. The zero-order chi connectivity index (χ0) is 12.1. The normalized spacial score (nSPS) is 12.2. The number of nitrogens with one attached hydrogen (secondary N) is 1. The maximum absolute atomic E-state index is 9.02. The van der Waals surface area contributed by atoms with E-state index in [-0.39, 0.29) is 6.04 Å². The van der Waals surface area contributed by atoms with Gasteiger partial charge in [-0.1, -0.05) is 31.5 Å². The second kappa shape index (κ2) is 5.74. The zero-order valence-corrected chi connectivity index (χ0v) is 10.3. The molecule has 1 aromatic carbocycles. The van der Waals surface area contributed by atoms with Gasteiger partial charge in [0.1, 0.15) is 6.07 Å². The van der Waals surface area contributed by atoms with Gasteiger partial charge in [-0.2, -0.15) is 5.26 Å². The summed E-state index contributed by atoms with van der Waals surface area (Å²) in [6.45, 7) is 4.69. The first kappa shape index (κ1) is 12.8. The van der Waals surface area contributed by atoms with Gasteiger partial charge in [-0.15, -0.1) is 0 Å². The molecule has 0 aromatic heterocycles. The van der Waals surface area contributed by atoms with Crippen molar-refractivity contribution >= 4 is 17.3 Å². The Balaban J connectivity index is 2.97. The fourth-order valence-corrected chi connectivity index (χ4v) is 1.67. The van der Waals surface area contributed by atoms with E-state index in [1.807, 2.05) is 12.1 Å². The van der Waals surface area contributed by atoms with E-state index in [4.69, 9.17) is 22.6 Å². The fourth-order valence-electron chi connectivity index (χ4n) is 1.46. The van der Waals surface area contributed by atoms with Crippen LogP contribution in [0.15, 0.2) is 18.2 Å². The van der Waals surface area contributed by atoms with Crippen LogP contribution in [0.4, 0.5) is 5.69 Å². The van der Waals surface area contributed by atoms with Crippen LogP contribution in [0.1, 0.15) is 19.4 Å². The van der Waals surface area contributed by atoms with Gasteiger partial charge >= 0.3 is 0 Å². The minimum absolute atomic E-state index is 0.144. The van der Waals surface area contributed by atoms with Crippen molar-refractivity contribution in [2.75, 3.05) is 11.9 Å². The molecule has 3 N–H and O–H groups in total. The maximum Gasteiger partial charge on any atom is 0.103 e. The van der Waals surface area contributed by atoms with Crippen LogP contribution in [-0.2, 0) is 0 Å². The molecule has 0 heterocycles. The molecular weight excluding hydrogens is 222 g/mol. The van der Waals surface area contributed by atoms with Crippen LogP contribution in [0.25, 0.3) is 0 Å². The Kier molecular flexibility index (Phi) is 4.60. The molecule has 1 rings (SSSR count). The lowest BCUT2D eigenvalue weighted by atomic mass is 10.0. The Morgan fingerprint density at radius 2 is 2.19 bits per heavy atom. The van der Waals surface area contributed by atoms with Crippen molar-refractivity contribution in [1.82, 2.24) is 0 Å². The second-order valence-electron chi connectivity index (χ2n) is 4.00. The molecular formula is C12H16ClN3. The Morgan fingerprint density at radius 3 is 2.69 bits per heavy atom. The number of nitrogens with zero attached hydrogens (tertiary/aromatic N) is 1. The van der Waals surface area contributed by atoms with Crippen LogP contribution >= 0.6 is 11.6 Å². The second-order valence-corrected chi connectivity index (χ2v) is 4.41. The molecule has 0 aliphatic carbocycles. The predicted octanol–water partition coefficient (Wildman–Crippen LogP) is 2.61. The SMILES string of the molecule is CC(C)C(CN)Nc1cccc(Cl)c1C#N. The van der Waals surface area contributed by atoms with E-state index in [2.05, 4.69) is 25.2 Å². The molecule has 0 radical (unpaired) electrons.